The first-order valence-electron chi connectivity index (χ1n) is 9.11. The Bertz CT molecular complexity index is 965. The lowest BCUT2D eigenvalue weighted by atomic mass is 9.85. The number of aliphatic hydroxyl groups excluding tert-OH is 3. The third-order valence-corrected chi connectivity index (χ3v) is 5.48. The first kappa shape index (κ1) is 18.8. The second-order valence-corrected chi connectivity index (χ2v) is 7.16. The third-order valence-electron chi connectivity index (χ3n) is 5.48. The van der Waals surface area contributed by atoms with Crippen LogP contribution in [0.1, 0.15) is 12.5 Å². The molecule has 1 aliphatic rings. The van der Waals surface area contributed by atoms with Crippen molar-refractivity contribution < 1.29 is 20.1 Å². The van der Waals surface area contributed by atoms with Gasteiger partial charge in [0.1, 0.15) is 30.2 Å². The standard InChI is InChI=1S/C19H23N5O4/c1-11(7-12-5-3-2-4-6-12)19(16(27)15(26)13(8-25)28-19)24-10-23-14-17(20)21-9-22-18(14)24/h2-6,9-11,13,15-16,25-27H,7-8H2,1H3,(H2,20,21,22)/t11?,13-,15-,16-,19-/m1/s1. The molecule has 0 bridgehead atoms. The molecule has 4 rings (SSSR count). The molecule has 5 N–H and O–H groups in total. The predicted molar refractivity (Wildman–Crippen MR) is 101 cm³/mol. The molecular formula is C19H23N5O4. The summed E-state index contributed by atoms with van der Waals surface area (Å²) in [6, 6.07) is 9.77. The van der Waals surface area contributed by atoms with Crippen molar-refractivity contribution in [2.75, 3.05) is 12.3 Å². The number of imidazole rings is 1. The Morgan fingerprint density at radius 1 is 1.21 bits per heavy atom. The smallest absolute Gasteiger partial charge is 0.179 e. The van der Waals surface area contributed by atoms with Gasteiger partial charge in [0.05, 0.1) is 12.9 Å². The van der Waals surface area contributed by atoms with E-state index in [-0.39, 0.29) is 11.7 Å². The molecule has 1 fully saturated rings. The molecule has 3 aromatic rings. The molecule has 1 saturated heterocycles. The molecule has 9 heteroatoms. The zero-order chi connectivity index (χ0) is 19.9. The lowest BCUT2D eigenvalue weighted by molar-refractivity contribution is -0.177. The Kier molecular flexibility index (Phi) is 4.76. The van der Waals surface area contributed by atoms with Crippen molar-refractivity contribution in [2.24, 2.45) is 5.92 Å². The van der Waals surface area contributed by atoms with Crippen LogP contribution in [0, 0.1) is 5.92 Å². The largest absolute Gasteiger partial charge is 0.394 e. The molecule has 1 aliphatic heterocycles. The molecule has 0 amide bonds. The maximum Gasteiger partial charge on any atom is 0.179 e. The number of benzene rings is 1. The van der Waals surface area contributed by atoms with Crippen LogP contribution in [-0.2, 0) is 16.9 Å². The monoisotopic (exact) mass is 385 g/mol. The van der Waals surface area contributed by atoms with Crippen LogP contribution in [0.4, 0.5) is 5.82 Å². The van der Waals surface area contributed by atoms with Crippen LogP contribution < -0.4 is 5.73 Å². The number of anilines is 1. The van der Waals surface area contributed by atoms with Gasteiger partial charge in [-0.2, -0.15) is 0 Å². The third kappa shape index (κ3) is 2.75. The van der Waals surface area contributed by atoms with E-state index >= 15 is 0 Å². The molecule has 5 atom stereocenters. The molecule has 0 radical (unpaired) electrons. The lowest BCUT2D eigenvalue weighted by Crippen LogP contribution is -2.51. The molecule has 9 nitrogen and oxygen atoms in total. The molecular weight excluding hydrogens is 362 g/mol. The van der Waals surface area contributed by atoms with Gasteiger partial charge in [-0.3, -0.25) is 4.57 Å². The van der Waals surface area contributed by atoms with Crippen LogP contribution in [0.2, 0.25) is 0 Å². The molecule has 2 aromatic heterocycles. The summed E-state index contributed by atoms with van der Waals surface area (Å²) < 4.78 is 7.72. The van der Waals surface area contributed by atoms with Gasteiger partial charge >= 0.3 is 0 Å². The minimum absolute atomic E-state index is 0.210. The first-order chi connectivity index (χ1) is 13.5. The molecule has 0 saturated carbocycles. The van der Waals surface area contributed by atoms with Gasteiger partial charge < -0.3 is 25.8 Å². The van der Waals surface area contributed by atoms with Gasteiger partial charge in [-0.1, -0.05) is 37.3 Å². The maximum absolute atomic E-state index is 11.0. The van der Waals surface area contributed by atoms with E-state index < -0.39 is 30.6 Å². The van der Waals surface area contributed by atoms with Crippen molar-refractivity contribution >= 4 is 17.0 Å². The molecule has 0 aliphatic carbocycles. The van der Waals surface area contributed by atoms with E-state index in [1.165, 1.54) is 12.7 Å². The summed E-state index contributed by atoms with van der Waals surface area (Å²) in [7, 11) is 0. The number of hydrogen-bond donors (Lipinski definition) is 4. The number of hydrogen-bond acceptors (Lipinski definition) is 8. The molecule has 28 heavy (non-hydrogen) atoms. The molecule has 1 unspecified atom stereocenters. The van der Waals surface area contributed by atoms with Gasteiger partial charge in [0, 0.05) is 5.92 Å². The first-order valence-corrected chi connectivity index (χ1v) is 9.11. The maximum atomic E-state index is 11.0. The zero-order valence-electron chi connectivity index (χ0n) is 15.4. The van der Waals surface area contributed by atoms with Gasteiger partial charge in [-0.05, 0) is 12.0 Å². The highest BCUT2D eigenvalue weighted by atomic mass is 16.6. The van der Waals surface area contributed by atoms with Gasteiger partial charge in [0.2, 0.25) is 0 Å². The fourth-order valence-corrected chi connectivity index (χ4v) is 4.04. The summed E-state index contributed by atoms with van der Waals surface area (Å²) in [5.74, 6) is -0.0916. The Morgan fingerprint density at radius 2 is 1.96 bits per heavy atom. The molecule has 0 spiro atoms. The normalized spacial score (nSPS) is 28.6. The van der Waals surface area contributed by atoms with Crippen molar-refractivity contribution in [2.45, 2.75) is 37.4 Å². The number of rotatable bonds is 5. The summed E-state index contributed by atoms with van der Waals surface area (Å²) >= 11 is 0. The molecule has 148 valence electrons. The fourth-order valence-electron chi connectivity index (χ4n) is 4.04. The van der Waals surface area contributed by atoms with E-state index in [9.17, 15) is 15.3 Å². The summed E-state index contributed by atoms with van der Waals surface area (Å²) in [5.41, 5.74) is 6.33. The predicted octanol–water partition coefficient (Wildman–Crippen LogP) is 0.0530. The lowest BCUT2D eigenvalue weighted by Gasteiger charge is -2.39. The average Bonchev–Trinajstić information content (AvgIpc) is 3.24. The highest BCUT2D eigenvalue weighted by molar-refractivity contribution is 5.81. The van der Waals surface area contributed by atoms with Crippen LogP contribution in [-0.4, -0.2) is 59.8 Å². The fraction of sp³-hybridized carbons (Fsp3) is 0.421. The highest BCUT2D eigenvalue weighted by Gasteiger charge is 2.58. The van der Waals surface area contributed by atoms with E-state index in [0.717, 1.165) is 5.56 Å². The Hall–Kier alpha value is -2.59. The van der Waals surface area contributed by atoms with Crippen LogP contribution in [0.25, 0.3) is 11.2 Å². The summed E-state index contributed by atoms with van der Waals surface area (Å²) in [4.78, 5) is 12.5. The van der Waals surface area contributed by atoms with E-state index in [2.05, 4.69) is 15.0 Å². The van der Waals surface area contributed by atoms with Gasteiger partial charge in [0.25, 0.3) is 0 Å². The minimum atomic E-state index is -1.39. The molecule has 1 aromatic carbocycles. The number of nitrogen functional groups attached to an aromatic ring is 1. The van der Waals surface area contributed by atoms with E-state index in [1.807, 2.05) is 37.3 Å². The van der Waals surface area contributed by atoms with Gasteiger partial charge in [-0.15, -0.1) is 0 Å². The van der Waals surface area contributed by atoms with Gasteiger partial charge in [0.15, 0.2) is 17.2 Å². The Labute approximate surface area is 161 Å². The van der Waals surface area contributed by atoms with Crippen LogP contribution in [0.5, 0.6) is 0 Å². The number of nitrogens with zero attached hydrogens (tertiary/aromatic N) is 4. The van der Waals surface area contributed by atoms with Crippen molar-refractivity contribution in [1.29, 1.82) is 0 Å². The number of nitrogens with two attached hydrogens (primary N) is 1. The zero-order valence-corrected chi connectivity index (χ0v) is 15.4. The topological polar surface area (TPSA) is 140 Å². The van der Waals surface area contributed by atoms with Crippen LogP contribution in [0.15, 0.2) is 43.0 Å². The number of aliphatic hydroxyl groups is 3. The SMILES string of the molecule is CC(Cc1ccccc1)[C@@]1(n2cnc3c(N)ncnc32)O[C@H](CO)[C@@H](O)[C@H]1O. The van der Waals surface area contributed by atoms with Crippen LogP contribution >= 0.6 is 0 Å². The second kappa shape index (κ2) is 7.10. The summed E-state index contributed by atoms with van der Waals surface area (Å²) in [5, 5.41) is 31.2. The van der Waals surface area contributed by atoms with E-state index in [4.69, 9.17) is 10.5 Å². The minimum Gasteiger partial charge on any atom is -0.394 e. The van der Waals surface area contributed by atoms with Gasteiger partial charge in [-0.25, -0.2) is 15.0 Å². The Morgan fingerprint density at radius 3 is 2.64 bits per heavy atom. The average molecular weight is 385 g/mol. The van der Waals surface area contributed by atoms with Crippen molar-refractivity contribution in [1.82, 2.24) is 19.5 Å². The highest BCUT2D eigenvalue weighted by Crippen LogP contribution is 2.44. The number of aromatic nitrogens is 4. The van der Waals surface area contributed by atoms with Crippen LogP contribution in [0.3, 0.4) is 0 Å². The van der Waals surface area contributed by atoms with Crippen molar-refractivity contribution in [3.63, 3.8) is 0 Å². The number of ether oxygens (including phenoxy) is 1. The van der Waals surface area contributed by atoms with Crippen molar-refractivity contribution in [3.05, 3.63) is 48.5 Å². The Balaban J connectivity index is 1.85. The number of fused-ring (bicyclic) bond motifs is 1. The van der Waals surface area contributed by atoms with E-state index in [1.54, 1.807) is 4.57 Å². The second-order valence-electron chi connectivity index (χ2n) is 7.16. The molecule has 3 heterocycles. The van der Waals surface area contributed by atoms with E-state index in [0.29, 0.717) is 17.6 Å². The summed E-state index contributed by atoms with van der Waals surface area (Å²) in [6.07, 6.45) is -0.163. The quantitative estimate of drug-likeness (QED) is 0.483. The van der Waals surface area contributed by atoms with Crippen molar-refractivity contribution in [3.8, 4) is 0 Å². The summed E-state index contributed by atoms with van der Waals surface area (Å²) in [6.45, 7) is 1.49.